The molecule has 0 bridgehead atoms. The van der Waals surface area contributed by atoms with Crippen LogP contribution in [-0.2, 0) is 16.1 Å². The fourth-order valence-corrected chi connectivity index (χ4v) is 1.81. The SMILES string of the molecule is CCOC(=O)C(NCc1noc(C)n1)c1ccccc1. The summed E-state index contributed by atoms with van der Waals surface area (Å²) >= 11 is 0. The van der Waals surface area contributed by atoms with Gasteiger partial charge in [0.15, 0.2) is 5.82 Å². The molecule has 2 rings (SSSR count). The van der Waals surface area contributed by atoms with Gasteiger partial charge in [-0.05, 0) is 12.5 Å². The summed E-state index contributed by atoms with van der Waals surface area (Å²) in [6, 6.07) is 8.85. The van der Waals surface area contributed by atoms with E-state index in [1.807, 2.05) is 30.3 Å². The number of hydrogen-bond acceptors (Lipinski definition) is 6. The van der Waals surface area contributed by atoms with Crippen LogP contribution in [0.5, 0.6) is 0 Å². The summed E-state index contributed by atoms with van der Waals surface area (Å²) in [5, 5.41) is 6.88. The fraction of sp³-hybridized carbons (Fsp3) is 0.357. The van der Waals surface area contributed by atoms with E-state index in [9.17, 15) is 4.79 Å². The molecule has 0 aliphatic carbocycles. The number of carbonyl (C=O) groups is 1. The van der Waals surface area contributed by atoms with Gasteiger partial charge in [-0.2, -0.15) is 4.98 Å². The molecule has 20 heavy (non-hydrogen) atoms. The summed E-state index contributed by atoms with van der Waals surface area (Å²) < 4.78 is 9.98. The minimum atomic E-state index is -0.546. The van der Waals surface area contributed by atoms with Gasteiger partial charge in [0.25, 0.3) is 0 Å². The standard InChI is InChI=1S/C14H17N3O3/c1-3-19-14(18)13(11-7-5-4-6-8-11)15-9-12-16-10(2)20-17-12/h4-8,13,15H,3,9H2,1-2H3. The van der Waals surface area contributed by atoms with Crippen molar-refractivity contribution in [3.8, 4) is 0 Å². The van der Waals surface area contributed by atoms with Crippen LogP contribution in [0.3, 0.4) is 0 Å². The second-order valence-electron chi connectivity index (χ2n) is 4.21. The number of benzene rings is 1. The topological polar surface area (TPSA) is 77.2 Å². The number of aromatic nitrogens is 2. The number of nitrogens with zero attached hydrogens (tertiary/aromatic N) is 2. The molecule has 0 radical (unpaired) electrons. The average Bonchev–Trinajstić information content (AvgIpc) is 2.86. The smallest absolute Gasteiger partial charge is 0.327 e. The maximum Gasteiger partial charge on any atom is 0.327 e. The number of aryl methyl sites for hydroxylation is 1. The van der Waals surface area contributed by atoms with Crippen molar-refractivity contribution in [2.45, 2.75) is 26.4 Å². The van der Waals surface area contributed by atoms with Crippen molar-refractivity contribution in [3.05, 3.63) is 47.6 Å². The lowest BCUT2D eigenvalue weighted by atomic mass is 10.1. The van der Waals surface area contributed by atoms with E-state index >= 15 is 0 Å². The van der Waals surface area contributed by atoms with Crippen molar-refractivity contribution in [2.24, 2.45) is 0 Å². The second-order valence-corrected chi connectivity index (χ2v) is 4.21. The highest BCUT2D eigenvalue weighted by molar-refractivity contribution is 5.77. The monoisotopic (exact) mass is 275 g/mol. The fourth-order valence-electron chi connectivity index (χ4n) is 1.81. The Morgan fingerprint density at radius 3 is 2.75 bits per heavy atom. The van der Waals surface area contributed by atoms with Crippen LogP contribution in [0.2, 0.25) is 0 Å². The van der Waals surface area contributed by atoms with E-state index in [1.54, 1.807) is 13.8 Å². The third-order valence-electron chi connectivity index (χ3n) is 2.69. The molecule has 1 heterocycles. The molecule has 0 aliphatic rings. The molecule has 0 amide bonds. The number of nitrogens with one attached hydrogen (secondary N) is 1. The predicted molar refractivity (Wildman–Crippen MR) is 71.7 cm³/mol. The second kappa shape index (κ2) is 6.81. The van der Waals surface area contributed by atoms with E-state index in [2.05, 4.69) is 15.5 Å². The predicted octanol–water partition coefficient (Wildman–Crippen LogP) is 1.77. The van der Waals surface area contributed by atoms with Crippen LogP contribution in [0.15, 0.2) is 34.9 Å². The van der Waals surface area contributed by atoms with Crippen molar-refractivity contribution in [1.29, 1.82) is 0 Å². The molecule has 1 atom stereocenters. The zero-order chi connectivity index (χ0) is 14.4. The number of esters is 1. The molecule has 1 N–H and O–H groups in total. The largest absolute Gasteiger partial charge is 0.465 e. The third kappa shape index (κ3) is 3.64. The third-order valence-corrected chi connectivity index (χ3v) is 2.69. The highest BCUT2D eigenvalue weighted by Gasteiger charge is 2.21. The molecule has 1 aromatic carbocycles. The molecule has 6 nitrogen and oxygen atoms in total. The summed E-state index contributed by atoms with van der Waals surface area (Å²) in [6.07, 6.45) is 0. The van der Waals surface area contributed by atoms with Gasteiger partial charge in [-0.1, -0.05) is 35.5 Å². The average molecular weight is 275 g/mol. The normalized spacial score (nSPS) is 12.1. The lowest BCUT2D eigenvalue weighted by Gasteiger charge is -2.16. The Morgan fingerprint density at radius 1 is 1.40 bits per heavy atom. The molecule has 0 fully saturated rings. The molecule has 2 aromatic rings. The van der Waals surface area contributed by atoms with Crippen LogP contribution < -0.4 is 5.32 Å². The van der Waals surface area contributed by atoms with E-state index in [1.165, 1.54) is 0 Å². The molecule has 0 spiro atoms. The molecule has 1 unspecified atom stereocenters. The molecule has 1 aromatic heterocycles. The Labute approximate surface area is 117 Å². The van der Waals surface area contributed by atoms with Gasteiger partial charge < -0.3 is 9.26 Å². The number of rotatable bonds is 6. The zero-order valence-corrected chi connectivity index (χ0v) is 11.5. The zero-order valence-electron chi connectivity index (χ0n) is 11.5. The van der Waals surface area contributed by atoms with Gasteiger partial charge in [-0.3, -0.25) is 5.32 Å². The number of hydrogen-bond donors (Lipinski definition) is 1. The van der Waals surface area contributed by atoms with E-state index in [4.69, 9.17) is 9.26 Å². The number of ether oxygens (including phenoxy) is 1. The molecular formula is C14H17N3O3. The molecule has 6 heteroatoms. The summed E-state index contributed by atoms with van der Waals surface area (Å²) in [7, 11) is 0. The Hall–Kier alpha value is -2.21. The minimum Gasteiger partial charge on any atom is -0.465 e. The first-order chi connectivity index (χ1) is 9.70. The van der Waals surface area contributed by atoms with Crippen LogP contribution in [0.4, 0.5) is 0 Å². The van der Waals surface area contributed by atoms with Crippen LogP contribution in [0, 0.1) is 6.92 Å². The van der Waals surface area contributed by atoms with Crippen LogP contribution in [-0.4, -0.2) is 22.7 Å². The first-order valence-corrected chi connectivity index (χ1v) is 6.45. The van der Waals surface area contributed by atoms with Gasteiger partial charge in [0.1, 0.15) is 6.04 Å². The quantitative estimate of drug-likeness (QED) is 0.810. The molecule has 0 saturated heterocycles. The van der Waals surface area contributed by atoms with Gasteiger partial charge in [-0.25, -0.2) is 4.79 Å². The summed E-state index contributed by atoms with van der Waals surface area (Å²) in [5.74, 6) is 0.681. The van der Waals surface area contributed by atoms with Crippen LogP contribution >= 0.6 is 0 Å². The van der Waals surface area contributed by atoms with Crippen LogP contribution in [0.25, 0.3) is 0 Å². The molecular weight excluding hydrogens is 258 g/mol. The molecule has 106 valence electrons. The van der Waals surface area contributed by atoms with Gasteiger partial charge in [0.2, 0.25) is 5.89 Å². The van der Waals surface area contributed by atoms with Crippen LogP contribution in [0.1, 0.15) is 30.2 Å². The molecule has 0 aliphatic heterocycles. The van der Waals surface area contributed by atoms with Crippen molar-refractivity contribution in [2.75, 3.05) is 6.61 Å². The van der Waals surface area contributed by atoms with E-state index in [0.717, 1.165) is 5.56 Å². The Balaban J connectivity index is 2.08. The van der Waals surface area contributed by atoms with Crippen molar-refractivity contribution in [3.63, 3.8) is 0 Å². The number of carbonyl (C=O) groups excluding carboxylic acids is 1. The lowest BCUT2D eigenvalue weighted by molar-refractivity contribution is -0.145. The van der Waals surface area contributed by atoms with Crippen molar-refractivity contribution in [1.82, 2.24) is 15.5 Å². The summed E-state index contributed by atoms with van der Waals surface area (Å²) in [5.41, 5.74) is 0.839. The highest BCUT2D eigenvalue weighted by atomic mass is 16.5. The summed E-state index contributed by atoms with van der Waals surface area (Å²) in [4.78, 5) is 16.1. The van der Waals surface area contributed by atoms with E-state index in [0.29, 0.717) is 24.9 Å². The Bertz CT molecular complexity index is 554. The Morgan fingerprint density at radius 2 is 2.15 bits per heavy atom. The highest BCUT2D eigenvalue weighted by Crippen LogP contribution is 2.15. The van der Waals surface area contributed by atoms with Gasteiger partial charge in [0, 0.05) is 6.92 Å². The maximum atomic E-state index is 12.0. The van der Waals surface area contributed by atoms with Gasteiger partial charge in [0.05, 0.1) is 13.2 Å². The first kappa shape index (κ1) is 14.2. The first-order valence-electron chi connectivity index (χ1n) is 6.45. The van der Waals surface area contributed by atoms with E-state index < -0.39 is 6.04 Å². The van der Waals surface area contributed by atoms with Crippen molar-refractivity contribution < 1.29 is 14.1 Å². The summed E-state index contributed by atoms with van der Waals surface area (Å²) in [6.45, 7) is 4.17. The van der Waals surface area contributed by atoms with Crippen molar-refractivity contribution >= 4 is 5.97 Å². The molecule has 0 saturated carbocycles. The van der Waals surface area contributed by atoms with Gasteiger partial charge in [-0.15, -0.1) is 0 Å². The maximum absolute atomic E-state index is 12.0. The van der Waals surface area contributed by atoms with Gasteiger partial charge >= 0.3 is 5.97 Å². The lowest BCUT2D eigenvalue weighted by Crippen LogP contribution is -2.30. The minimum absolute atomic E-state index is 0.320. The van der Waals surface area contributed by atoms with E-state index in [-0.39, 0.29) is 5.97 Å². The Kier molecular flexibility index (Phi) is 4.84.